The summed E-state index contributed by atoms with van der Waals surface area (Å²) in [7, 11) is 0. The minimum Gasteiger partial charge on any atom is -0.459 e. The Kier molecular flexibility index (Phi) is 4.92. The first-order chi connectivity index (χ1) is 13.8. The standard InChI is InChI=1S/C21H21ClN4O3/c1-10-16(11(2)25-24-10)9-17-13(4)29-26-20(17)21(27)23-12(3)19-8-14-7-15(22)5-6-18(14)28-19/h5-8,12H,9H2,1-4H3,(H,23,27)(H,24,25)/t12-/m1/s1. The molecule has 4 rings (SSSR count). The second-order valence-electron chi connectivity index (χ2n) is 7.18. The number of carbonyl (C=O) groups excluding carboxylic acids is 1. The van der Waals surface area contributed by atoms with E-state index < -0.39 is 0 Å². The van der Waals surface area contributed by atoms with Crippen molar-refractivity contribution in [3.8, 4) is 0 Å². The Hall–Kier alpha value is -3.06. The lowest BCUT2D eigenvalue weighted by atomic mass is 10.0. The fourth-order valence-corrected chi connectivity index (χ4v) is 3.55. The van der Waals surface area contributed by atoms with Gasteiger partial charge in [-0.05, 0) is 52.0 Å². The summed E-state index contributed by atoms with van der Waals surface area (Å²) in [5.41, 5.74) is 4.63. The second kappa shape index (κ2) is 7.40. The van der Waals surface area contributed by atoms with Gasteiger partial charge < -0.3 is 14.3 Å². The number of benzene rings is 1. The maximum atomic E-state index is 12.9. The second-order valence-corrected chi connectivity index (χ2v) is 7.62. The molecule has 7 nitrogen and oxygen atoms in total. The van der Waals surface area contributed by atoms with Crippen LogP contribution in [0.2, 0.25) is 5.02 Å². The van der Waals surface area contributed by atoms with Gasteiger partial charge in [0.15, 0.2) is 5.69 Å². The normalized spacial score (nSPS) is 12.4. The molecule has 29 heavy (non-hydrogen) atoms. The third kappa shape index (κ3) is 3.65. The zero-order chi connectivity index (χ0) is 20.7. The molecule has 4 aromatic rings. The van der Waals surface area contributed by atoms with Crippen LogP contribution in [0.1, 0.15) is 57.5 Å². The smallest absolute Gasteiger partial charge is 0.274 e. The molecule has 0 saturated carbocycles. The Morgan fingerprint density at radius 2 is 2.03 bits per heavy atom. The van der Waals surface area contributed by atoms with Crippen molar-refractivity contribution in [1.29, 1.82) is 0 Å². The van der Waals surface area contributed by atoms with Crippen molar-refractivity contribution in [3.63, 3.8) is 0 Å². The van der Waals surface area contributed by atoms with Gasteiger partial charge in [0.1, 0.15) is 17.1 Å². The summed E-state index contributed by atoms with van der Waals surface area (Å²) in [6.07, 6.45) is 0.518. The van der Waals surface area contributed by atoms with Crippen molar-refractivity contribution in [1.82, 2.24) is 20.7 Å². The van der Waals surface area contributed by atoms with Gasteiger partial charge >= 0.3 is 0 Å². The number of aromatic nitrogens is 3. The van der Waals surface area contributed by atoms with Gasteiger partial charge in [-0.15, -0.1) is 0 Å². The van der Waals surface area contributed by atoms with E-state index in [0.29, 0.717) is 23.0 Å². The first kappa shape index (κ1) is 19.3. The lowest BCUT2D eigenvalue weighted by molar-refractivity contribution is 0.0926. The molecule has 0 fully saturated rings. The molecule has 150 valence electrons. The van der Waals surface area contributed by atoms with E-state index in [0.717, 1.165) is 33.5 Å². The number of halogens is 1. The van der Waals surface area contributed by atoms with Gasteiger partial charge in [0.05, 0.1) is 11.7 Å². The van der Waals surface area contributed by atoms with Crippen LogP contribution < -0.4 is 5.32 Å². The molecule has 3 aromatic heterocycles. The third-order valence-corrected chi connectivity index (χ3v) is 5.34. The fraction of sp³-hybridized carbons (Fsp3) is 0.286. The van der Waals surface area contributed by atoms with Gasteiger partial charge in [0.25, 0.3) is 5.91 Å². The van der Waals surface area contributed by atoms with Crippen LogP contribution in [0.25, 0.3) is 11.0 Å². The highest BCUT2D eigenvalue weighted by molar-refractivity contribution is 6.31. The zero-order valence-corrected chi connectivity index (χ0v) is 17.3. The highest BCUT2D eigenvalue weighted by Gasteiger charge is 2.24. The van der Waals surface area contributed by atoms with Crippen LogP contribution >= 0.6 is 11.6 Å². The number of aromatic amines is 1. The molecule has 0 aliphatic carbocycles. The van der Waals surface area contributed by atoms with Gasteiger partial charge in [-0.2, -0.15) is 5.10 Å². The minimum atomic E-state index is -0.351. The Bertz CT molecular complexity index is 1180. The monoisotopic (exact) mass is 412 g/mol. The van der Waals surface area contributed by atoms with Crippen molar-refractivity contribution in [2.75, 3.05) is 0 Å². The number of carbonyl (C=O) groups is 1. The fourth-order valence-electron chi connectivity index (χ4n) is 3.37. The average molecular weight is 413 g/mol. The maximum Gasteiger partial charge on any atom is 0.274 e. The quantitative estimate of drug-likeness (QED) is 0.490. The molecule has 0 saturated heterocycles. The first-order valence-corrected chi connectivity index (χ1v) is 9.66. The number of nitrogens with one attached hydrogen (secondary N) is 2. The van der Waals surface area contributed by atoms with Crippen LogP contribution in [-0.4, -0.2) is 21.3 Å². The Morgan fingerprint density at radius 1 is 1.24 bits per heavy atom. The van der Waals surface area contributed by atoms with Gasteiger partial charge in [0, 0.05) is 33.7 Å². The van der Waals surface area contributed by atoms with Crippen LogP contribution in [0.4, 0.5) is 0 Å². The first-order valence-electron chi connectivity index (χ1n) is 9.29. The lowest BCUT2D eigenvalue weighted by Gasteiger charge is -2.11. The Labute approximate surface area is 172 Å². The Balaban J connectivity index is 1.56. The highest BCUT2D eigenvalue weighted by Crippen LogP contribution is 2.27. The number of furan rings is 1. The van der Waals surface area contributed by atoms with Gasteiger partial charge in [-0.1, -0.05) is 16.8 Å². The number of nitrogens with zero attached hydrogens (tertiary/aromatic N) is 2. The average Bonchev–Trinajstić information content (AvgIpc) is 3.35. The number of aryl methyl sites for hydroxylation is 3. The van der Waals surface area contributed by atoms with E-state index in [1.165, 1.54) is 0 Å². The molecular weight excluding hydrogens is 392 g/mol. The highest BCUT2D eigenvalue weighted by atomic mass is 35.5. The van der Waals surface area contributed by atoms with Crippen LogP contribution in [0.5, 0.6) is 0 Å². The molecule has 2 N–H and O–H groups in total. The topological polar surface area (TPSA) is 97.0 Å². The molecular formula is C21H21ClN4O3. The molecule has 0 unspecified atom stereocenters. The van der Waals surface area contributed by atoms with Crippen molar-refractivity contribution < 1.29 is 13.7 Å². The van der Waals surface area contributed by atoms with E-state index in [2.05, 4.69) is 20.7 Å². The van der Waals surface area contributed by atoms with Crippen LogP contribution in [0.15, 0.2) is 33.2 Å². The number of amides is 1. The number of hydrogen-bond donors (Lipinski definition) is 2. The summed E-state index contributed by atoms with van der Waals surface area (Å²) >= 11 is 6.04. The molecule has 0 aliphatic rings. The molecule has 8 heteroatoms. The lowest BCUT2D eigenvalue weighted by Crippen LogP contribution is -2.27. The van der Waals surface area contributed by atoms with Crippen LogP contribution in [0, 0.1) is 20.8 Å². The SMILES string of the molecule is Cc1n[nH]c(C)c1Cc1c(C(=O)N[C@H](C)c2cc3cc(Cl)ccc3o2)noc1C. The summed E-state index contributed by atoms with van der Waals surface area (Å²) in [4.78, 5) is 12.9. The maximum absolute atomic E-state index is 12.9. The number of fused-ring (bicyclic) bond motifs is 1. The molecule has 1 atom stereocenters. The van der Waals surface area contributed by atoms with Gasteiger partial charge in [0.2, 0.25) is 0 Å². The summed E-state index contributed by atoms with van der Waals surface area (Å²) in [6, 6.07) is 6.93. The molecule has 1 amide bonds. The molecule has 0 radical (unpaired) electrons. The molecule has 0 spiro atoms. The zero-order valence-electron chi connectivity index (χ0n) is 16.6. The number of rotatable bonds is 5. The predicted octanol–water partition coefficient (Wildman–Crippen LogP) is 4.80. The van der Waals surface area contributed by atoms with Crippen molar-refractivity contribution in [2.24, 2.45) is 0 Å². The van der Waals surface area contributed by atoms with E-state index in [-0.39, 0.29) is 17.6 Å². The van der Waals surface area contributed by atoms with Crippen molar-refractivity contribution in [2.45, 2.75) is 40.2 Å². The molecule has 3 heterocycles. The third-order valence-electron chi connectivity index (χ3n) is 5.11. The van der Waals surface area contributed by atoms with Crippen LogP contribution in [-0.2, 0) is 6.42 Å². The van der Waals surface area contributed by atoms with E-state index in [1.807, 2.05) is 39.0 Å². The van der Waals surface area contributed by atoms with Crippen molar-refractivity contribution >= 4 is 28.5 Å². The predicted molar refractivity (Wildman–Crippen MR) is 109 cm³/mol. The molecule has 1 aromatic carbocycles. The van der Waals surface area contributed by atoms with Gasteiger partial charge in [-0.25, -0.2) is 0 Å². The molecule has 0 aliphatic heterocycles. The van der Waals surface area contributed by atoms with E-state index in [4.69, 9.17) is 20.5 Å². The number of H-pyrrole nitrogens is 1. The summed E-state index contributed by atoms with van der Waals surface area (Å²) in [6.45, 7) is 7.54. The van der Waals surface area contributed by atoms with Gasteiger partial charge in [-0.3, -0.25) is 9.89 Å². The van der Waals surface area contributed by atoms with Crippen molar-refractivity contribution in [3.05, 3.63) is 69.0 Å². The van der Waals surface area contributed by atoms with E-state index in [1.54, 1.807) is 13.0 Å². The largest absolute Gasteiger partial charge is 0.459 e. The summed E-state index contributed by atoms with van der Waals surface area (Å²) in [5.74, 6) is 0.932. The van der Waals surface area contributed by atoms with Crippen LogP contribution in [0.3, 0.4) is 0 Å². The minimum absolute atomic E-state index is 0.272. The van der Waals surface area contributed by atoms with E-state index in [9.17, 15) is 4.79 Å². The summed E-state index contributed by atoms with van der Waals surface area (Å²) < 4.78 is 11.2. The van der Waals surface area contributed by atoms with E-state index >= 15 is 0 Å². The molecule has 0 bridgehead atoms. The Morgan fingerprint density at radius 3 is 2.76 bits per heavy atom. The summed E-state index contributed by atoms with van der Waals surface area (Å²) in [5, 5.41) is 15.6. The number of hydrogen-bond acceptors (Lipinski definition) is 5.